The maximum absolute atomic E-state index is 12.4. The van der Waals surface area contributed by atoms with Crippen molar-refractivity contribution in [2.45, 2.75) is 63.5 Å². The molecule has 1 aliphatic carbocycles. The molecule has 160 valence electrons. The fraction of sp³-hybridized carbons (Fsp3) is 0.667. The van der Waals surface area contributed by atoms with E-state index >= 15 is 0 Å². The first-order valence-corrected chi connectivity index (χ1v) is 10.6. The molecular formula is C21H31N3O5. The lowest BCUT2D eigenvalue weighted by atomic mass is 9.85. The van der Waals surface area contributed by atoms with E-state index in [2.05, 4.69) is 22.0 Å². The van der Waals surface area contributed by atoms with Crippen LogP contribution in [-0.2, 0) is 4.74 Å². The smallest absolute Gasteiger partial charge is 0.450 e. The molecule has 3 aliphatic rings. The van der Waals surface area contributed by atoms with E-state index in [4.69, 9.17) is 19.7 Å². The van der Waals surface area contributed by atoms with Crippen LogP contribution in [0.1, 0.15) is 51.4 Å². The van der Waals surface area contributed by atoms with Crippen LogP contribution in [0.2, 0.25) is 0 Å². The number of cyclic esters (lactones) is 1. The Hall–Kier alpha value is -2.51. The third-order valence-corrected chi connectivity index (χ3v) is 6.16. The molecule has 3 heterocycles. The highest BCUT2D eigenvalue weighted by molar-refractivity contribution is 5.70. The Morgan fingerprint density at radius 1 is 1.07 bits per heavy atom. The minimum absolute atomic E-state index is 0.0804. The van der Waals surface area contributed by atoms with E-state index in [1.54, 1.807) is 0 Å². The third kappa shape index (κ3) is 6.24. The summed E-state index contributed by atoms with van der Waals surface area (Å²) in [5.41, 5.74) is 1.23. The maximum atomic E-state index is 12.4. The van der Waals surface area contributed by atoms with Crippen LogP contribution < -0.4 is 4.90 Å². The maximum Gasteiger partial charge on any atom is 0.503 e. The Balaban J connectivity index is 0.000000552. The van der Waals surface area contributed by atoms with Crippen LogP contribution in [0.3, 0.4) is 0 Å². The summed E-state index contributed by atoms with van der Waals surface area (Å²) in [5, 5.41) is 13.9. The van der Waals surface area contributed by atoms with Crippen LogP contribution >= 0.6 is 0 Å². The van der Waals surface area contributed by atoms with Crippen molar-refractivity contribution in [2.24, 2.45) is 5.92 Å². The number of amides is 1. The normalized spacial score (nSPS) is 23.3. The van der Waals surface area contributed by atoms with Crippen LogP contribution in [0.4, 0.5) is 15.3 Å². The molecular weight excluding hydrogens is 374 g/mol. The fourth-order valence-corrected chi connectivity index (χ4v) is 4.75. The molecule has 3 fully saturated rings. The van der Waals surface area contributed by atoms with Gasteiger partial charge in [-0.3, -0.25) is 4.98 Å². The first-order valence-electron chi connectivity index (χ1n) is 10.6. The average Bonchev–Trinajstić information content (AvgIpc) is 3.09. The van der Waals surface area contributed by atoms with Crippen LogP contribution in [0, 0.1) is 5.92 Å². The number of ether oxygens (including phenoxy) is 1. The molecule has 8 heteroatoms. The molecule has 2 aliphatic heterocycles. The summed E-state index contributed by atoms with van der Waals surface area (Å²) in [6.45, 7) is 2.78. The van der Waals surface area contributed by atoms with Gasteiger partial charge < -0.3 is 24.7 Å². The number of carbonyl (C=O) groups excluding carboxylic acids is 1. The molecule has 29 heavy (non-hydrogen) atoms. The van der Waals surface area contributed by atoms with Gasteiger partial charge in [0, 0.05) is 37.2 Å². The van der Waals surface area contributed by atoms with Crippen molar-refractivity contribution >= 4 is 17.9 Å². The molecule has 4 rings (SSSR count). The van der Waals surface area contributed by atoms with Gasteiger partial charge in [0.2, 0.25) is 0 Å². The number of pyridine rings is 1. The summed E-state index contributed by atoms with van der Waals surface area (Å²) in [5.74, 6) is 0.764. The fourth-order valence-electron chi connectivity index (χ4n) is 4.75. The Kier molecular flexibility index (Phi) is 7.55. The predicted molar refractivity (Wildman–Crippen MR) is 108 cm³/mol. The van der Waals surface area contributed by atoms with Crippen molar-refractivity contribution in [1.82, 2.24) is 9.88 Å². The first-order chi connectivity index (χ1) is 14.0. The monoisotopic (exact) mass is 405 g/mol. The number of aromatic nitrogens is 1. The van der Waals surface area contributed by atoms with E-state index in [1.807, 2.05) is 17.3 Å². The quantitative estimate of drug-likeness (QED) is 0.778. The van der Waals surface area contributed by atoms with Gasteiger partial charge >= 0.3 is 12.2 Å². The van der Waals surface area contributed by atoms with E-state index in [0.29, 0.717) is 6.04 Å². The second kappa shape index (κ2) is 10.3. The van der Waals surface area contributed by atoms with Gasteiger partial charge in [-0.25, -0.2) is 9.59 Å². The Morgan fingerprint density at radius 3 is 2.31 bits per heavy atom. The van der Waals surface area contributed by atoms with Crippen LogP contribution in [0.15, 0.2) is 24.5 Å². The number of carboxylic acid groups (broad SMARTS) is 2. The van der Waals surface area contributed by atoms with Crippen molar-refractivity contribution < 1.29 is 24.5 Å². The molecule has 1 saturated carbocycles. The second-order valence-electron chi connectivity index (χ2n) is 8.10. The molecule has 1 aromatic heterocycles. The van der Waals surface area contributed by atoms with Crippen molar-refractivity contribution in [3.63, 3.8) is 0 Å². The van der Waals surface area contributed by atoms with Gasteiger partial charge in [-0.2, -0.15) is 0 Å². The van der Waals surface area contributed by atoms with Gasteiger partial charge in [0.1, 0.15) is 6.10 Å². The van der Waals surface area contributed by atoms with Gasteiger partial charge in [0.15, 0.2) is 0 Å². The van der Waals surface area contributed by atoms with Gasteiger partial charge in [-0.05, 0) is 37.3 Å². The molecule has 0 bridgehead atoms. The van der Waals surface area contributed by atoms with Gasteiger partial charge in [-0.15, -0.1) is 0 Å². The summed E-state index contributed by atoms with van der Waals surface area (Å²) in [4.78, 5) is 29.4. The molecule has 0 radical (unpaired) electrons. The highest BCUT2D eigenvalue weighted by Crippen LogP contribution is 2.31. The molecule has 2 N–H and O–H groups in total. The molecule has 0 aromatic carbocycles. The van der Waals surface area contributed by atoms with E-state index in [9.17, 15) is 4.79 Å². The number of hydrogen-bond donors (Lipinski definition) is 2. The SMILES string of the molecule is O=C(O)O.O=C1OC(CC2CCCCC2)CN1C1CCN(c2ccncc2)CC1. The molecule has 0 spiro atoms. The summed E-state index contributed by atoms with van der Waals surface area (Å²) >= 11 is 0. The second-order valence-corrected chi connectivity index (χ2v) is 8.10. The summed E-state index contributed by atoms with van der Waals surface area (Å²) < 4.78 is 5.71. The zero-order chi connectivity index (χ0) is 20.6. The summed E-state index contributed by atoms with van der Waals surface area (Å²) in [6, 6.07) is 4.46. The third-order valence-electron chi connectivity index (χ3n) is 6.16. The largest absolute Gasteiger partial charge is 0.503 e. The Labute approximate surface area is 171 Å². The molecule has 2 saturated heterocycles. The zero-order valence-electron chi connectivity index (χ0n) is 16.8. The highest BCUT2D eigenvalue weighted by atomic mass is 16.6. The number of rotatable bonds is 4. The van der Waals surface area contributed by atoms with Gasteiger partial charge in [-0.1, -0.05) is 32.1 Å². The standard InChI is InChI=1S/C20H29N3O2.CH2O3/c24-20-23(15-19(25-20)14-16-4-2-1-3-5-16)18-8-12-22(13-9-18)17-6-10-21-11-7-17;2-1(3)4/h6-7,10-11,16,18-19H,1-5,8-9,12-15H2;(H2,2,3,4). The van der Waals surface area contributed by atoms with E-state index in [0.717, 1.165) is 44.8 Å². The summed E-state index contributed by atoms with van der Waals surface area (Å²) in [7, 11) is 0. The molecule has 1 unspecified atom stereocenters. The molecule has 1 amide bonds. The lowest BCUT2D eigenvalue weighted by Gasteiger charge is -2.36. The van der Waals surface area contributed by atoms with Crippen molar-refractivity contribution in [3.05, 3.63) is 24.5 Å². The van der Waals surface area contributed by atoms with Crippen molar-refractivity contribution in [2.75, 3.05) is 24.5 Å². The lowest BCUT2D eigenvalue weighted by molar-refractivity contribution is 0.112. The highest BCUT2D eigenvalue weighted by Gasteiger charge is 2.38. The Morgan fingerprint density at radius 2 is 1.69 bits per heavy atom. The number of nitrogens with zero attached hydrogens (tertiary/aromatic N) is 3. The average molecular weight is 405 g/mol. The van der Waals surface area contributed by atoms with E-state index < -0.39 is 6.16 Å². The van der Waals surface area contributed by atoms with Crippen LogP contribution in [0.5, 0.6) is 0 Å². The van der Waals surface area contributed by atoms with Crippen molar-refractivity contribution in [1.29, 1.82) is 0 Å². The van der Waals surface area contributed by atoms with Crippen molar-refractivity contribution in [3.8, 4) is 0 Å². The predicted octanol–water partition coefficient (Wildman–Crippen LogP) is 4.06. The molecule has 1 aromatic rings. The van der Waals surface area contributed by atoms with Gasteiger partial charge in [0.25, 0.3) is 0 Å². The molecule has 1 atom stereocenters. The number of carbonyl (C=O) groups is 2. The van der Waals surface area contributed by atoms with Crippen LogP contribution in [-0.4, -0.2) is 64.1 Å². The number of hydrogen-bond acceptors (Lipinski definition) is 5. The minimum Gasteiger partial charge on any atom is -0.450 e. The Bertz CT molecular complexity index is 654. The minimum atomic E-state index is -1.83. The van der Waals surface area contributed by atoms with Crippen LogP contribution in [0.25, 0.3) is 0 Å². The van der Waals surface area contributed by atoms with Gasteiger partial charge in [0.05, 0.1) is 6.54 Å². The first kappa shape index (κ1) is 21.2. The summed E-state index contributed by atoms with van der Waals surface area (Å²) in [6.07, 6.45) is 11.7. The number of anilines is 1. The number of piperidine rings is 1. The molecule has 8 nitrogen and oxygen atoms in total. The van der Waals surface area contributed by atoms with E-state index in [1.165, 1.54) is 37.8 Å². The topological polar surface area (TPSA) is 103 Å². The lowest BCUT2D eigenvalue weighted by Crippen LogP contribution is -2.45. The van der Waals surface area contributed by atoms with E-state index in [-0.39, 0.29) is 12.2 Å². The zero-order valence-corrected chi connectivity index (χ0v) is 16.8.